The lowest BCUT2D eigenvalue weighted by atomic mass is 10.0. The van der Waals surface area contributed by atoms with Crippen LogP contribution in [-0.4, -0.2) is 19.3 Å². The van der Waals surface area contributed by atoms with Gasteiger partial charge >= 0.3 is 0 Å². The van der Waals surface area contributed by atoms with Crippen molar-refractivity contribution in [1.82, 2.24) is 0 Å². The summed E-state index contributed by atoms with van der Waals surface area (Å²) in [5.41, 5.74) is 1.46. The third kappa shape index (κ3) is 3.62. The van der Waals surface area contributed by atoms with Crippen molar-refractivity contribution in [1.29, 1.82) is 0 Å². The summed E-state index contributed by atoms with van der Waals surface area (Å²) in [4.78, 5) is 0. The summed E-state index contributed by atoms with van der Waals surface area (Å²) >= 11 is 10.4. The summed E-state index contributed by atoms with van der Waals surface area (Å²) in [7, 11) is 3.14. The quantitative estimate of drug-likeness (QED) is 0.663. The molecule has 0 aromatic heterocycles. The van der Waals surface area contributed by atoms with E-state index in [0.29, 0.717) is 17.1 Å². The minimum absolute atomic E-state index is 0.570. The van der Waals surface area contributed by atoms with E-state index >= 15 is 0 Å². The number of rotatable bonds is 4. The lowest BCUT2D eigenvalue weighted by Crippen LogP contribution is -2.03. The van der Waals surface area contributed by atoms with Crippen LogP contribution in [0.15, 0.2) is 43.7 Å². The monoisotopic (exact) mass is 478 g/mol. The normalized spacial score (nSPS) is 12.1. The number of ether oxygens (including phenoxy) is 2. The Bertz CT molecular complexity index is 659. The first-order valence-corrected chi connectivity index (χ1v) is 8.40. The second kappa shape index (κ2) is 7.13. The minimum atomic E-state index is -0.800. The molecule has 0 spiro atoms. The van der Waals surface area contributed by atoms with E-state index in [1.807, 2.05) is 18.2 Å². The van der Waals surface area contributed by atoms with Crippen LogP contribution in [-0.2, 0) is 0 Å². The topological polar surface area (TPSA) is 38.7 Å². The van der Waals surface area contributed by atoms with E-state index < -0.39 is 6.10 Å². The lowest BCUT2D eigenvalue weighted by Gasteiger charge is -2.18. The molecule has 0 heterocycles. The van der Waals surface area contributed by atoms with Crippen LogP contribution in [0.4, 0.5) is 0 Å². The van der Waals surface area contributed by atoms with Crippen LogP contribution in [0, 0.1) is 0 Å². The van der Waals surface area contributed by atoms with Crippen molar-refractivity contribution in [2.75, 3.05) is 14.2 Å². The number of benzene rings is 2. The van der Waals surface area contributed by atoms with Crippen LogP contribution in [0.2, 0.25) is 0 Å². The third-order valence-electron chi connectivity index (χ3n) is 3.05. The highest BCUT2D eigenvalue weighted by Crippen LogP contribution is 2.39. The van der Waals surface area contributed by atoms with Crippen LogP contribution in [0.5, 0.6) is 11.5 Å². The molecule has 2 rings (SSSR count). The van der Waals surface area contributed by atoms with Gasteiger partial charge in [0.1, 0.15) is 6.10 Å². The summed E-state index contributed by atoms with van der Waals surface area (Å²) in [6, 6.07) is 9.21. The molecule has 3 nitrogen and oxygen atoms in total. The van der Waals surface area contributed by atoms with Gasteiger partial charge in [-0.15, -0.1) is 0 Å². The molecule has 0 saturated carbocycles. The summed E-state index contributed by atoms with van der Waals surface area (Å²) in [5, 5.41) is 10.7. The molecule has 21 heavy (non-hydrogen) atoms. The standard InChI is InChI=1S/C15H13Br3O3/c1-20-13-6-10(12(18)7-14(13)21-2)15(19)9-5-8(16)3-4-11(9)17/h3-7,15,19H,1-2H3. The molecule has 0 amide bonds. The average Bonchev–Trinajstić information content (AvgIpc) is 2.48. The number of hydrogen-bond acceptors (Lipinski definition) is 3. The van der Waals surface area contributed by atoms with Crippen molar-refractivity contribution in [2.45, 2.75) is 6.10 Å². The number of aliphatic hydroxyl groups excluding tert-OH is 1. The summed E-state index contributed by atoms with van der Waals surface area (Å²) in [6.45, 7) is 0. The maximum absolute atomic E-state index is 10.7. The van der Waals surface area contributed by atoms with E-state index in [1.54, 1.807) is 26.4 Å². The predicted octanol–water partition coefficient (Wildman–Crippen LogP) is 5.07. The number of methoxy groups -OCH3 is 2. The zero-order valence-corrected chi connectivity index (χ0v) is 16.1. The largest absolute Gasteiger partial charge is 0.493 e. The van der Waals surface area contributed by atoms with Crippen LogP contribution in [0.1, 0.15) is 17.2 Å². The molecule has 1 atom stereocenters. The Labute approximate surface area is 148 Å². The van der Waals surface area contributed by atoms with Gasteiger partial charge in [-0.3, -0.25) is 0 Å². The number of hydrogen-bond donors (Lipinski definition) is 1. The maximum atomic E-state index is 10.7. The minimum Gasteiger partial charge on any atom is -0.493 e. The first kappa shape index (κ1) is 16.8. The molecule has 2 aromatic rings. The molecule has 0 fully saturated rings. The Hall–Kier alpha value is -0.560. The Balaban J connectivity index is 2.52. The fraction of sp³-hybridized carbons (Fsp3) is 0.200. The zero-order valence-electron chi connectivity index (χ0n) is 11.4. The Morgan fingerprint density at radius 3 is 2.05 bits per heavy atom. The molecule has 1 unspecified atom stereocenters. The van der Waals surface area contributed by atoms with E-state index in [-0.39, 0.29) is 0 Å². The number of halogens is 3. The molecule has 112 valence electrons. The summed E-state index contributed by atoms with van der Waals surface area (Å²) in [5.74, 6) is 1.18. The smallest absolute Gasteiger partial charge is 0.161 e. The van der Waals surface area contributed by atoms with Gasteiger partial charge in [0.2, 0.25) is 0 Å². The molecule has 0 radical (unpaired) electrons. The molecular formula is C15H13Br3O3. The number of aliphatic hydroxyl groups is 1. The molecule has 0 bridgehead atoms. The highest BCUT2D eigenvalue weighted by atomic mass is 79.9. The second-order valence-electron chi connectivity index (χ2n) is 4.30. The van der Waals surface area contributed by atoms with Gasteiger partial charge in [0.25, 0.3) is 0 Å². The Morgan fingerprint density at radius 1 is 0.857 bits per heavy atom. The fourth-order valence-corrected chi connectivity index (χ4v) is 3.35. The van der Waals surface area contributed by atoms with Crippen molar-refractivity contribution in [3.8, 4) is 11.5 Å². The maximum Gasteiger partial charge on any atom is 0.161 e. The van der Waals surface area contributed by atoms with Crippen molar-refractivity contribution in [3.05, 3.63) is 54.9 Å². The Kier molecular flexibility index (Phi) is 5.71. The van der Waals surface area contributed by atoms with Crippen LogP contribution >= 0.6 is 47.8 Å². The van der Waals surface area contributed by atoms with Crippen LogP contribution < -0.4 is 9.47 Å². The highest BCUT2D eigenvalue weighted by Gasteiger charge is 2.20. The van der Waals surface area contributed by atoms with Gasteiger partial charge < -0.3 is 14.6 Å². The van der Waals surface area contributed by atoms with Gasteiger partial charge in [-0.05, 0) is 30.3 Å². The molecule has 1 N–H and O–H groups in total. The van der Waals surface area contributed by atoms with Crippen molar-refractivity contribution in [3.63, 3.8) is 0 Å². The van der Waals surface area contributed by atoms with Gasteiger partial charge in [0.05, 0.1) is 14.2 Å². The van der Waals surface area contributed by atoms with Crippen molar-refractivity contribution in [2.24, 2.45) is 0 Å². The summed E-state index contributed by atoms with van der Waals surface area (Å²) in [6.07, 6.45) is -0.800. The van der Waals surface area contributed by atoms with Gasteiger partial charge in [-0.2, -0.15) is 0 Å². The van der Waals surface area contributed by atoms with Gasteiger partial charge in [0, 0.05) is 24.5 Å². The van der Waals surface area contributed by atoms with Crippen LogP contribution in [0.3, 0.4) is 0 Å². The van der Waals surface area contributed by atoms with E-state index in [9.17, 15) is 5.11 Å². The molecule has 0 aliphatic rings. The first-order chi connectivity index (χ1) is 9.97. The van der Waals surface area contributed by atoms with Gasteiger partial charge in [0.15, 0.2) is 11.5 Å². The van der Waals surface area contributed by atoms with Gasteiger partial charge in [-0.25, -0.2) is 0 Å². The lowest BCUT2D eigenvalue weighted by molar-refractivity contribution is 0.218. The molecule has 0 saturated heterocycles. The first-order valence-electron chi connectivity index (χ1n) is 6.02. The molecule has 0 aliphatic carbocycles. The van der Waals surface area contributed by atoms with E-state index in [1.165, 1.54) is 0 Å². The van der Waals surface area contributed by atoms with Crippen LogP contribution in [0.25, 0.3) is 0 Å². The predicted molar refractivity (Wildman–Crippen MR) is 93.1 cm³/mol. The molecule has 2 aromatic carbocycles. The Morgan fingerprint density at radius 2 is 1.43 bits per heavy atom. The fourth-order valence-electron chi connectivity index (χ4n) is 1.97. The van der Waals surface area contributed by atoms with Gasteiger partial charge in [-0.1, -0.05) is 47.8 Å². The second-order valence-corrected chi connectivity index (χ2v) is 6.92. The molecule has 0 aliphatic heterocycles. The van der Waals surface area contributed by atoms with E-state index in [0.717, 1.165) is 19.0 Å². The third-order valence-corrected chi connectivity index (χ3v) is 4.95. The van der Waals surface area contributed by atoms with Crippen molar-refractivity contribution >= 4 is 47.8 Å². The zero-order chi connectivity index (χ0) is 15.6. The van der Waals surface area contributed by atoms with E-state index in [2.05, 4.69) is 47.8 Å². The van der Waals surface area contributed by atoms with Crippen molar-refractivity contribution < 1.29 is 14.6 Å². The average molecular weight is 481 g/mol. The van der Waals surface area contributed by atoms with E-state index in [4.69, 9.17) is 9.47 Å². The highest BCUT2D eigenvalue weighted by molar-refractivity contribution is 9.11. The summed E-state index contributed by atoms with van der Waals surface area (Å²) < 4.78 is 13.0. The molecular weight excluding hydrogens is 468 g/mol. The SMILES string of the molecule is COc1cc(Br)c(C(O)c2cc(Br)ccc2Br)cc1OC. The molecule has 6 heteroatoms.